The van der Waals surface area contributed by atoms with E-state index in [0.29, 0.717) is 12.0 Å². The van der Waals surface area contributed by atoms with Crippen LogP contribution in [0.15, 0.2) is 24.3 Å². The van der Waals surface area contributed by atoms with Gasteiger partial charge in [0.1, 0.15) is 5.82 Å². The minimum absolute atomic E-state index is 0.136. The molecule has 0 heterocycles. The summed E-state index contributed by atoms with van der Waals surface area (Å²) in [6, 6.07) is 6.33. The minimum atomic E-state index is -3.51. The van der Waals surface area contributed by atoms with Crippen LogP contribution in [0.25, 0.3) is 0 Å². The van der Waals surface area contributed by atoms with Gasteiger partial charge in [0.05, 0.1) is 5.75 Å². The topological polar surface area (TPSA) is 34.1 Å². The molecule has 5 heteroatoms. The zero-order valence-electron chi connectivity index (χ0n) is 8.28. The molecule has 1 atom stereocenters. The maximum absolute atomic E-state index is 13.2. The number of halogens is 2. The summed E-state index contributed by atoms with van der Waals surface area (Å²) < 4.78 is 34.8. The molecule has 2 nitrogen and oxygen atoms in total. The molecule has 0 aliphatic heterocycles. The first-order valence-electron chi connectivity index (χ1n) is 4.54. The van der Waals surface area contributed by atoms with Crippen LogP contribution in [0.4, 0.5) is 4.39 Å². The molecule has 0 fully saturated rings. The van der Waals surface area contributed by atoms with Crippen LogP contribution in [0.3, 0.4) is 0 Å². The third-order valence-electron chi connectivity index (χ3n) is 2.01. The maximum atomic E-state index is 13.2. The lowest BCUT2D eigenvalue weighted by molar-refractivity contribution is 0.560. The molecule has 0 N–H and O–H groups in total. The fourth-order valence-electron chi connectivity index (χ4n) is 1.44. The third kappa shape index (κ3) is 4.62. The minimum Gasteiger partial charge on any atom is -0.212 e. The summed E-state index contributed by atoms with van der Waals surface area (Å²) in [4.78, 5) is 0. The Hall–Kier alpha value is -0.610. The van der Waals surface area contributed by atoms with Crippen molar-refractivity contribution in [2.24, 2.45) is 5.92 Å². The Balaban J connectivity index is 2.67. The van der Waals surface area contributed by atoms with Crippen LogP contribution in [-0.2, 0) is 15.5 Å². The lowest BCUT2D eigenvalue weighted by Crippen LogP contribution is -2.11. The normalized spacial score (nSPS) is 13.8. The molecule has 0 aromatic heterocycles. The average Bonchev–Trinajstić information content (AvgIpc) is 2.05. The molecule has 1 unspecified atom stereocenters. The second-order valence-electron chi connectivity index (χ2n) is 3.61. The van der Waals surface area contributed by atoms with Gasteiger partial charge in [-0.3, -0.25) is 0 Å². The van der Waals surface area contributed by atoms with Crippen molar-refractivity contribution in [3.8, 4) is 0 Å². The standard InChI is InChI=1S/C10H12ClFO2S/c1-8(7-15(11,13)14)6-9-4-2-3-5-10(9)12/h2-5,8H,6-7H2,1H3. The lowest BCUT2D eigenvalue weighted by atomic mass is 10.0. The van der Waals surface area contributed by atoms with Gasteiger partial charge in [-0.05, 0) is 24.0 Å². The van der Waals surface area contributed by atoms with Crippen LogP contribution in [0.1, 0.15) is 12.5 Å². The molecule has 0 spiro atoms. The predicted octanol–water partition coefficient (Wildman–Crippen LogP) is 2.57. The molecule has 0 amide bonds. The molecule has 15 heavy (non-hydrogen) atoms. The molecule has 0 saturated carbocycles. The van der Waals surface area contributed by atoms with Crippen LogP contribution in [0.2, 0.25) is 0 Å². The third-order valence-corrected chi connectivity index (χ3v) is 3.35. The van der Waals surface area contributed by atoms with E-state index in [4.69, 9.17) is 10.7 Å². The Morgan fingerprint density at radius 2 is 2.00 bits per heavy atom. The average molecular weight is 251 g/mol. The van der Waals surface area contributed by atoms with Gasteiger partial charge in [-0.1, -0.05) is 25.1 Å². The van der Waals surface area contributed by atoms with Crippen LogP contribution in [0.5, 0.6) is 0 Å². The van der Waals surface area contributed by atoms with E-state index in [2.05, 4.69) is 0 Å². The fourth-order valence-corrected chi connectivity index (χ4v) is 2.88. The summed E-state index contributed by atoms with van der Waals surface area (Å²) in [7, 11) is 1.61. The zero-order valence-corrected chi connectivity index (χ0v) is 9.85. The molecule has 84 valence electrons. The van der Waals surface area contributed by atoms with E-state index in [1.807, 2.05) is 0 Å². The summed E-state index contributed by atoms with van der Waals surface area (Å²) >= 11 is 0. The predicted molar refractivity (Wildman–Crippen MR) is 58.9 cm³/mol. The number of hydrogen-bond acceptors (Lipinski definition) is 2. The van der Waals surface area contributed by atoms with Gasteiger partial charge in [-0.2, -0.15) is 0 Å². The van der Waals surface area contributed by atoms with Crippen molar-refractivity contribution in [2.75, 3.05) is 5.75 Å². The zero-order chi connectivity index (χ0) is 11.5. The summed E-state index contributed by atoms with van der Waals surface area (Å²) in [5.74, 6) is -0.635. The Kier molecular flexibility index (Phi) is 4.11. The van der Waals surface area contributed by atoms with E-state index >= 15 is 0 Å². The highest BCUT2D eigenvalue weighted by Crippen LogP contribution is 2.15. The Labute approximate surface area is 93.5 Å². The molecule has 0 aliphatic rings. The summed E-state index contributed by atoms with van der Waals surface area (Å²) in [5.41, 5.74) is 0.519. The van der Waals surface area contributed by atoms with Gasteiger partial charge in [0, 0.05) is 10.7 Å². The molecule has 0 radical (unpaired) electrons. The van der Waals surface area contributed by atoms with Crippen molar-refractivity contribution in [3.05, 3.63) is 35.6 Å². The smallest absolute Gasteiger partial charge is 0.212 e. The summed E-state index contributed by atoms with van der Waals surface area (Å²) in [5, 5.41) is 0. The highest BCUT2D eigenvalue weighted by atomic mass is 35.7. The Bertz CT molecular complexity index is 431. The Morgan fingerprint density at radius 3 is 2.53 bits per heavy atom. The van der Waals surface area contributed by atoms with E-state index in [-0.39, 0.29) is 17.5 Å². The van der Waals surface area contributed by atoms with Gasteiger partial charge >= 0.3 is 0 Å². The largest absolute Gasteiger partial charge is 0.232 e. The van der Waals surface area contributed by atoms with E-state index in [1.165, 1.54) is 6.07 Å². The first-order valence-corrected chi connectivity index (χ1v) is 7.02. The molecule has 1 aromatic rings. The highest BCUT2D eigenvalue weighted by Gasteiger charge is 2.14. The van der Waals surface area contributed by atoms with Crippen molar-refractivity contribution >= 4 is 19.7 Å². The number of rotatable bonds is 4. The van der Waals surface area contributed by atoms with Gasteiger partial charge in [-0.25, -0.2) is 12.8 Å². The van der Waals surface area contributed by atoms with Crippen molar-refractivity contribution in [1.82, 2.24) is 0 Å². The molecule has 0 bridgehead atoms. The Morgan fingerprint density at radius 1 is 1.40 bits per heavy atom. The highest BCUT2D eigenvalue weighted by molar-refractivity contribution is 8.13. The van der Waals surface area contributed by atoms with Gasteiger partial charge in [0.2, 0.25) is 9.05 Å². The molecule has 0 aliphatic carbocycles. The first-order chi connectivity index (χ1) is 6.88. The second kappa shape index (κ2) is 4.94. The molecule has 1 rings (SSSR count). The van der Waals surface area contributed by atoms with Gasteiger partial charge in [0.25, 0.3) is 0 Å². The van der Waals surface area contributed by atoms with Gasteiger partial charge in [-0.15, -0.1) is 0 Å². The lowest BCUT2D eigenvalue weighted by Gasteiger charge is -2.09. The van der Waals surface area contributed by atoms with E-state index in [9.17, 15) is 12.8 Å². The van der Waals surface area contributed by atoms with Crippen molar-refractivity contribution in [3.63, 3.8) is 0 Å². The molecule has 0 saturated heterocycles. The quantitative estimate of drug-likeness (QED) is 0.770. The van der Waals surface area contributed by atoms with Crippen LogP contribution in [0, 0.1) is 11.7 Å². The SMILES string of the molecule is CC(Cc1ccccc1F)CS(=O)(=O)Cl. The van der Waals surface area contributed by atoms with Crippen molar-refractivity contribution in [1.29, 1.82) is 0 Å². The monoisotopic (exact) mass is 250 g/mol. The first kappa shape index (κ1) is 12.5. The summed E-state index contributed by atoms with van der Waals surface area (Å²) in [6.07, 6.45) is 0.374. The van der Waals surface area contributed by atoms with Gasteiger partial charge in [0.15, 0.2) is 0 Å². The van der Waals surface area contributed by atoms with Crippen LogP contribution < -0.4 is 0 Å². The number of hydrogen-bond donors (Lipinski definition) is 0. The maximum Gasteiger partial charge on any atom is 0.232 e. The summed E-state index contributed by atoms with van der Waals surface area (Å²) in [6.45, 7) is 1.73. The number of benzene rings is 1. The molecule has 1 aromatic carbocycles. The van der Waals surface area contributed by atoms with E-state index < -0.39 is 9.05 Å². The molecular formula is C10H12ClFO2S. The van der Waals surface area contributed by atoms with Crippen molar-refractivity contribution < 1.29 is 12.8 Å². The molecular weight excluding hydrogens is 239 g/mol. The van der Waals surface area contributed by atoms with E-state index in [1.54, 1.807) is 25.1 Å². The second-order valence-corrected chi connectivity index (χ2v) is 6.43. The van der Waals surface area contributed by atoms with E-state index in [0.717, 1.165) is 0 Å². The van der Waals surface area contributed by atoms with Crippen LogP contribution in [-0.4, -0.2) is 14.2 Å². The van der Waals surface area contributed by atoms with Crippen LogP contribution >= 0.6 is 10.7 Å². The van der Waals surface area contributed by atoms with Gasteiger partial charge < -0.3 is 0 Å². The van der Waals surface area contributed by atoms with Crippen molar-refractivity contribution in [2.45, 2.75) is 13.3 Å². The fraction of sp³-hybridized carbons (Fsp3) is 0.400.